The Morgan fingerprint density at radius 2 is 2.27 bits per heavy atom. The van der Waals surface area contributed by atoms with Gasteiger partial charge < -0.3 is 10.1 Å². The second kappa shape index (κ2) is 8.79. The molecule has 5 heteroatoms. The minimum Gasteiger partial charge on any atom is -0.497 e. The van der Waals surface area contributed by atoms with E-state index in [1.165, 1.54) is 7.11 Å². The fourth-order valence-corrected chi connectivity index (χ4v) is 2.59. The molecule has 1 unspecified atom stereocenters. The molecule has 0 aliphatic rings. The van der Waals surface area contributed by atoms with Gasteiger partial charge in [0.05, 0.1) is 24.4 Å². The van der Waals surface area contributed by atoms with Gasteiger partial charge in [-0.3, -0.25) is 9.18 Å². The first-order valence-electron chi connectivity index (χ1n) is 7.30. The normalized spacial score (nSPS) is 13.3. The van der Waals surface area contributed by atoms with Crippen molar-refractivity contribution in [1.82, 2.24) is 5.32 Å². The van der Waals surface area contributed by atoms with Gasteiger partial charge in [-0.1, -0.05) is 24.6 Å². The lowest BCUT2D eigenvalue weighted by Crippen LogP contribution is -2.37. The number of ether oxygens (including phenoxy) is 1. The predicted molar refractivity (Wildman–Crippen MR) is 88.5 cm³/mol. The van der Waals surface area contributed by atoms with Gasteiger partial charge in [0.15, 0.2) is 0 Å². The highest BCUT2D eigenvalue weighted by Crippen LogP contribution is 2.31. The highest BCUT2D eigenvalue weighted by atomic mass is 35.5. The van der Waals surface area contributed by atoms with Gasteiger partial charge >= 0.3 is 0 Å². The Labute approximate surface area is 136 Å². The molecule has 1 aromatic rings. The standard InChI is InChI=1S/C17H23ClFNO2/c1-4-8-17(5-2,9-10-19)12-20-16(21)14-11-13(22-3)6-7-15(14)18/h4,6-7,11H,1,5,8-10,12H2,2-3H3,(H,20,21). The minimum absolute atomic E-state index is 0.287. The number of carbonyl (C=O) groups excluding carboxylic acids is 1. The van der Waals surface area contributed by atoms with E-state index in [1.807, 2.05) is 6.92 Å². The number of allylic oxidation sites excluding steroid dienone is 1. The molecule has 1 N–H and O–H groups in total. The fourth-order valence-electron chi connectivity index (χ4n) is 2.38. The summed E-state index contributed by atoms with van der Waals surface area (Å²) in [6.45, 7) is 5.68. The predicted octanol–water partition coefficient (Wildman–Crippen LogP) is 4.41. The molecule has 0 spiro atoms. The molecule has 0 aromatic heterocycles. The summed E-state index contributed by atoms with van der Waals surface area (Å²) in [5.41, 5.74) is 0.0437. The zero-order valence-corrected chi connectivity index (χ0v) is 13.9. The molecule has 3 nitrogen and oxygen atoms in total. The maximum Gasteiger partial charge on any atom is 0.252 e. The van der Waals surface area contributed by atoms with Crippen molar-refractivity contribution >= 4 is 17.5 Å². The van der Waals surface area contributed by atoms with Crippen molar-refractivity contribution < 1.29 is 13.9 Å². The molecule has 122 valence electrons. The van der Waals surface area contributed by atoms with E-state index >= 15 is 0 Å². The third-order valence-electron chi connectivity index (χ3n) is 3.99. The van der Waals surface area contributed by atoms with Crippen LogP contribution in [0.15, 0.2) is 30.9 Å². The van der Waals surface area contributed by atoms with E-state index in [0.29, 0.717) is 35.7 Å². The SMILES string of the molecule is C=CCC(CC)(CCF)CNC(=O)c1cc(OC)ccc1Cl. The van der Waals surface area contributed by atoms with Crippen LogP contribution in [-0.2, 0) is 0 Å². The summed E-state index contributed by atoms with van der Waals surface area (Å²) in [6.07, 6.45) is 3.57. The topological polar surface area (TPSA) is 38.3 Å². The number of carbonyl (C=O) groups is 1. The largest absolute Gasteiger partial charge is 0.497 e. The van der Waals surface area contributed by atoms with E-state index in [9.17, 15) is 9.18 Å². The molecular weight excluding hydrogens is 305 g/mol. The van der Waals surface area contributed by atoms with Gasteiger partial charge in [-0.15, -0.1) is 6.58 Å². The number of hydrogen-bond donors (Lipinski definition) is 1. The lowest BCUT2D eigenvalue weighted by Gasteiger charge is -2.31. The number of benzene rings is 1. The number of methoxy groups -OCH3 is 1. The molecule has 1 atom stereocenters. The van der Waals surface area contributed by atoms with Crippen LogP contribution in [0.1, 0.15) is 36.5 Å². The summed E-state index contributed by atoms with van der Waals surface area (Å²) < 4.78 is 17.9. The van der Waals surface area contributed by atoms with Gasteiger partial charge in [-0.2, -0.15) is 0 Å². The summed E-state index contributed by atoms with van der Waals surface area (Å²) in [5.74, 6) is 0.274. The summed E-state index contributed by atoms with van der Waals surface area (Å²) in [4.78, 5) is 12.3. The van der Waals surface area contributed by atoms with Crippen LogP contribution in [0, 0.1) is 5.41 Å². The Kier molecular flexibility index (Phi) is 7.39. The molecular formula is C17H23ClFNO2. The second-order valence-corrected chi connectivity index (χ2v) is 5.72. The number of amides is 1. The molecule has 0 aliphatic carbocycles. The average Bonchev–Trinajstić information content (AvgIpc) is 2.53. The molecule has 0 bridgehead atoms. The number of rotatable bonds is 9. The van der Waals surface area contributed by atoms with Gasteiger partial charge in [-0.05, 0) is 42.9 Å². The second-order valence-electron chi connectivity index (χ2n) is 5.31. The van der Waals surface area contributed by atoms with Crippen LogP contribution < -0.4 is 10.1 Å². The van der Waals surface area contributed by atoms with Crippen molar-refractivity contribution in [2.45, 2.75) is 26.2 Å². The van der Waals surface area contributed by atoms with Crippen LogP contribution in [0.2, 0.25) is 5.02 Å². The monoisotopic (exact) mass is 327 g/mol. The van der Waals surface area contributed by atoms with Crippen LogP contribution in [0.5, 0.6) is 5.75 Å². The van der Waals surface area contributed by atoms with Crippen molar-refractivity contribution in [2.75, 3.05) is 20.3 Å². The Balaban J connectivity index is 2.85. The maximum absolute atomic E-state index is 12.8. The van der Waals surface area contributed by atoms with Gasteiger partial charge in [-0.25, -0.2) is 0 Å². The van der Waals surface area contributed by atoms with Gasteiger partial charge in [0, 0.05) is 6.54 Å². The summed E-state index contributed by atoms with van der Waals surface area (Å²) in [6, 6.07) is 4.90. The van der Waals surface area contributed by atoms with E-state index in [4.69, 9.17) is 16.3 Å². The van der Waals surface area contributed by atoms with Crippen molar-refractivity contribution in [1.29, 1.82) is 0 Å². The quantitative estimate of drug-likeness (QED) is 0.682. The van der Waals surface area contributed by atoms with Gasteiger partial charge in [0.1, 0.15) is 5.75 Å². The molecule has 1 aromatic carbocycles. The number of nitrogens with one attached hydrogen (secondary N) is 1. The number of hydrogen-bond acceptors (Lipinski definition) is 2. The third-order valence-corrected chi connectivity index (χ3v) is 4.32. The minimum atomic E-state index is -0.419. The Morgan fingerprint density at radius 1 is 1.55 bits per heavy atom. The number of alkyl halides is 1. The summed E-state index contributed by atoms with van der Waals surface area (Å²) in [5, 5.41) is 3.22. The van der Waals surface area contributed by atoms with Crippen LogP contribution in [0.4, 0.5) is 4.39 Å². The van der Waals surface area contributed by atoms with E-state index in [2.05, 4.69) is 11.9 Å². The smallest absolute Gasteiger partial charge is 0.252 e. The van der Waals surface area contributed by atoms with Gasteiger partial charge in [0.2, 0.25) is 0 Å². The van der Waals surface area contributed by atoms with Crippen molar-refractivity contribution in [2.24, 2.45) is 5.41 Å². The van der Waals surface area contributed by atoms with E-state index < -0.39 is 6.67 Å². The molecule has 0 saturated heterocycles. The summed E-state index contributed by atoms with van der Waals surface area (Å²) in [7, 11) is 1.53. The zero-order chi connectivity index (χ0) is 16.6. The van der Waals surface area contributed by atoms with Crippen LogP contribution in [0.25, 0.3) is 0 Å². The molecule has 22 heavy (non-hydrogen) atoms. The molecule has 0 fully saturated rings. The van der Waals surface area contributed by atoms with Crippen molar-refractivity contribution in [3.63, 3.8) is 0 Å². The van der Waals surface area contributed by atoms with Crippen LogP contribution in [-0.4, -0.2) is 26.2 Å². The first-order chi connectivity index (χ1) is 10.5. The summed E-state index contributed by atoms with van der Waals surface area (Å²) >= 11 is 6.06. The van der Waals surface area contributed by atoms with Crippen molar-refractivity contribution in [3.8, 4) is 5.75 Å². The molecule has 1 amide bonds. The maximum atomic E-state index is 12.8. The lowest BCUT2D eigenvalue weighted by molar-refractivity contribution is 0.0920. The van der Waals surface area contributed by atoms with Crippen LogP contribution >= 0.6 is 11.6 Å². The van der Waals surface area contributed by atoms with Gasteiger partial charge in [0.25, 0.3) is 5.91 Å². The molecule has 0 saturated carbocycles. The molecule has 0 aliphatic heterocycles. The van der Waals surface area contributed by atoms with Crippen LogP contribution in [0.3, 0.4) is 0 Å². The van der Waals surface area contributed by atoms with E-state index in [0.717, 1.165) is 6.42 Å². The van der Waals surface area contributed by atoms with E-state index in [1.54, 1.807) is 24.3 Å². The fraction of sp³-hybridized carbons (Fsp3) is 0.471. The first-order valence-corrected chi connectivity index (χ1v) is 7.68. The Morgan fingerprint density at radius 3 is 2.82 bits per heavy atom. The molecule has 0 radical (unpaired) electrons. The van der Waals surface area contributed by atoms with E-state index in [-0.39, 0.29) is 11.3 Å². The first kappa shape index (κ1) is 18.5. The highest BCUT2D eigenvalue weighted by molar-refractivity contribution is 6.33. The number of halogens is 2. The van der Waals surface area contributed by atoms with Crippen molar-refractivity contribution in [3.05, 3.63) is 41.4 Å². The zero-order valence-electron chi connectivity index (χ0n) is 13.1. The third kappa shape index (κ3) is 4.73. The Bertz CT molecular complexity index is 521. The highest BCUT2D eigenvalue weighted by Gasteiger charge is 2.27. The lowest BCUT2D eigenvalue weighted by atomic mass is 9.79. The molecule has 1 rings (SSSR count). The molecule has 0 heterocycles. The Hall–Kier alpha value is -1.55. The average molecular weight is 328 g/mol.